The molecule has 0 saturated heterocycles. The van der Waals surface area contributed by atoms with E-state index in [0.29, 0.717) is 30.1 Å². The van der Waals surface area contributed by atoms with Gasteiger partial charge in [-0.1, -0.05) is 20.8 Å². The maximum absolute atomic E-state index is 11.4. The number of aryl methyl sites for hydroxylation is 1. The van der Waals surface area contributed by atoms with Gasteiger partial charge in [0.05, 0.1) is 10.6 Å². The van der Waals surface area contributed by atoms with Crippen LogP contribution in [0.5, 0.6) is 0 Å². The molecule has 0 aliphatic carbocycles. The fourth-order valence-corrected chi connectivity index (χ4v) is 2.62. The lowest BCUT2D eigenvalue weighted by Gasteiger charge is -2.24. The topological polar surface area (TPSA) is 84.3 Å². The zero-order valence-corrected chi connectivity index (χ0v) is 12.6. The predicted octanol–water partition coefficient (Wildman–Crippen LogP) is 3.33. The monoisotopic (exact) mass is 291 g/mol. The highest BCUT2D eigenvalue weighted by atomic mass is 16.6. The van der Waals surface area contributed by atoms with Gasteiger partial charge in [-0.25, -0.2) is 0 Å². The summed E-state index contributed by atoms with van der Waals surface area (Å²) in [6, 6.07) is 3.44. The number of nitro groups is 1. The third kappa shape index (κ3) is 3.32. The van der Waals surface area contributed by atoms with Crippen molar-refractivity contribution >= 4 is 23.0 Å². The van der Waals surface area contributed by atoms with Crippen LogP contribution in [0.2, 0.25) is 0 Å². The molecule has 0 bridgehead atoms. The molecule has 1 unspecified atom stereocenters. The zero-order valence-electron chi connectivity index (χ0n) is 12.6. The van der Waals surface area contributed by atoms with Crippen LogP contribution in [0.15, 0.2) is 12.1 Å². The van der Waals surface area contributed by atoms with Crippen LogP contribution in [-0.4, -0.2) is 16.9 Å². The van der Waals surface area contributed by atoms with Crippen LogP contribution >= 0.6 is 0 Å². The SMILES string of the molecule is CCC(Nc1cc2c(cc1[N+](=O)[O-])NC(=O)CC2)C(C)C. The van der Waals surface area contributed by atoms with Crippen molar-refractivity contribution in [1.29, 1.82) is 0 Å². The number of nitrogens with one attached hydrogen (secondary N) is 2. The van der Waals surface area contributed by atoms with Crippen molar-refractivity contribution in [2.24, 2.45) is 5.92 Å². The lowest BCUT2D eigenvalue weighted by atomic mass is 9.98. The fourth-order valence-electron chi connectivity index (χ4n) is 2.62. The Labute approximate surface area is 124 Å². The summed E-state index contributed by atoms with van der Waals surface area (Å²) >= 11 is 0. The number of rotatable bonds is 5. The van der Waals surface area contributed by atoms with E-state index in [2.05, 4.69) is 31.4 Å². The molecule has 2 rings (SSSR count). The number of hydrogen-bond donors (Lipinski definition) is 2. The first kappa shape index (κ1) is 15.3. The standard InChI is InChI=1S/C15H21N3O3/c1-4-11(9(2)3)16-13-7-10-5-6-15(19)17-12(10)8-14(13)18(20)21/h7-9,11,16H,4-6H2,1-3H3,(H,17,19). The summed E-state index contributed by atoms with van der Waals surface area (Å²) in [5.41, 5.74) is 2.05. The first-order valence-electron chi connectivity index (χ1n) is 7.30. The summed E-state index contributed by atoms with van der Waals surface area (Å²) in [5, 5.41) is 17.3. The van der Waals surface area contributed by atoms with E-state index in [1.807, 2.05) is 0 Å². The van der Waals surface area contributed by atoms with Crippen LogP contribution < -0.4 is 10.6 Å². The Balaban J connectivity index is 2.40. The Kier molecular flexibility index (Phi) is 4.45. The molecule has 1 aromatic rings. The second-order valence-electron chi connectivity index (χ2n) is 5.73. The molecule has 0 saturated carbocycles. The summed E-state index contributed by atoms with van der Waals surface area (Å²) in [7, 11) is 0. The van der Waals surface area contributed by atoms with E-state index in [0.717, 1.165) is 12.0 Å². The van der Waals surface area contributed by atoms with Gasteiger partial charge in [0.25, 0.3) is 5.69 Å². The highest BCUT2D eigenvalue weighted by Gasteiger charge is 2.24. The van der Waals surface area contributed by atoms with Gasteiger partial charge in [-0.05, 0) is 30.4 Å². The number of benzene rings is 1. The summed E-state index contributed by atoms with van der Waals surface area (Å²) in [6.07, 6.45) is 1.93. The number of hydrogen-bond acceptors (Lipinski definition) is 4. The third-order valence-corrected chi connectivity index (χ3v) is 3.90. The number of nitrogens with zero attached hydrogens (tertiary/aromatic N) is 1. The summed E-state index contributed by atoms with van der Waals surface area (Å²) < 4.78 is 0. The first-order chi connectivity index (χ1) is 9.92. The van der Waals surface area contributed by atoms with E-state index in [1.54, 1.807) is 6.07 Å². The van der Waals surface area contributed by atoms with E-state index >= 15 is 0 Å². The van der Waals surface area contributed by atoms with E-state index in [-0.39, 0.29) is 17.6 Å². The maximum atomic E-state index is 11.4. The maximum Gasteiger partial charge on any atom is 0.294 e. The molecule has 1 amide bonds. The minimum absolute atomic E-state index is 0.00931. The molecule has 1 aliphatic rings. The Morgan fingerprint density at radius 2 is 2.10 bits per heavy atom. The number of fused-ring (bicyclic) bond motifs is 1. The first-order valence-corrected chi connectivity index (χ1v) is 7.30. The molecule has 6 heteroatoms. The lowest BCUT2D eigenvalue weighted by molar-refractivity contribution is -0.383. The average molecular weight is 291 g/mol. The van der Waals surface area contributed by atoms with Gasteiger partial charge < -0.3 is 10.6 Å². The van der Waals surface area contributed by atoms with Crippen LogP contribution in [0.1, 0.15) is 39.2 Å². The summed E-state index contributed by atoms with van der Waals surface area (Å²) in [4.78, 5) is 22.3. The molecular formula is C15H21N3O3. The molecular weight excluding hydrogens is 270 g/mol. The number of amides is 1. The molecule has 1 aliphatic heterocycles. The number of anilines is 2. The highest BCUT2D eigenvalue weighted by Crippen LogP contribution is 2.35. The molecule has 0 spiro atoms. The third-order valence-electron chi connectivity index (χ3n) is 3.90. The van der Waals surface area contributed by atoms with E-state index in [4.69, 9.17) is 0 Å². The molecule has 1 aromatic carbocycles. The van der Waals surface area contributed by atoms with E-state index < -0.39 is 4.92 Å². The largest absolute Gasteiger partial charge is 0.377 e. The van der Waals surface area contributed by atoms with Crippen molar-refractivity contribution in [2.75, 3.05) is 10.6 Å². The van der Waals surface area contributed by atoms with Crippen molar-refractivity contribution in [3.05, 3.63) is 27.8 Å². The van der Waals surface area contributed by atoms with Gasteiger partial charge in [0, 0.05) is 18.5 Å². The predicted molar refractivity (Wildman–Crippen MR) is 82.6 cm³/mol. The van der Waals surface area contributed by atoms with E-state index in [1.165, 1.54) is 6.07 Å². The van der Waals surface area contributed by atoms with Crippen molar-refractivity contribution in [1.82, 2.24) is 0 Å². The van der Waals surface area contributed by atoms with Gasteiger partial charge in [0.1, 0.15) is 5.69 Å². The van der Waals surface area contributed by atoms with Gasteiger partial charge in [-0.15, -0.1) is 0 Å². The van der Waals surface area contributed by atoms with Crippen LogP contribution in [0.3, 0.4) is 0 Å². The quantitative estimate of drug-likeness (QED) is 0.643. The van der Waals surface area contributed by atoms with Gasteiger partial charge >= 0.3 is 0 Å². The van der Waals surface area contributed by atoms with Gasteiger partial charge in [0.2, 0.25) is 5.91 Å². The Morgan fingerprint density at radius 1 is 1.38 bits per heavy atom. The Bertz CT molecular complexity index is 570. The van der Waals surface area contributed by atoms with Crippen LogP contribution in [-0.2, 0) is 11.2 Å². The molecule has 0 aromatic heterocycles. The lowest BCUT2D eigenvalue weighted by Crippen LogP contribution is -2.26. The number of carbonyl (C=O) groups is 1. The van der Waals surface area contributed by atoms with Crippen molar-refractivity contribution in [3.8, 4) is 0 Å². The number of carbonyl (C=O) groups excluding carboxylic acids is 1. The van der Waals surface area contributed by atoms with Crippen LogP contribution in [0, 0.1) is 16.0 Å². The average Bonchev–Trinajstić information content (AvgIpc) is 2.43. The van der Waals surface area contributed by atoms with E-state index in [9.17, 15) is 14.9 Å². The van der Waals surface area contributed by atoms with Crippen molar-refractivity contribution < 1.29 is 9.72 Å². The van der Waals surface area contributed by atoms with Gasteiger partial charge in [-0.3, -0.25) is 14.9 Å². The molecule has 0 radical (unpaired) electrons. The summed E-state index contributed by atoms with van der Waals surface area (Å²) in [6.45, 7) is 6.24. The number of nitro benzene ring substituents is 1. The molecule has 0 fully saturated rings. The highest BCUT2D eigenvalue weighted by molar-refractivity contribution is 5.95. The van der Waals surface area contributed by atoms with Crippen molar-refractivity contribution in [2.45, 2.75) is 46.1 Å². The smallest absolute Gasteiger partial charge is 0.294 e. The molecule has 2 N–H and O–H groups in total. The normalized spacial score (nSPS) is 15.3. The van der Waals surface area contributed by atoms with Crippen molar-refractivity contribution in [3.63, 3.8) is 0 Å². The zero-order chi connectivity index (χ0) is 15.6. The molecule has 6 nitrogen and oxygen atoms in total. The van der Waals surface area contributed by atoms with Crippen LogP contribution in [0.4, 0.5) is 17.1 Å². The minimum Gasteiger partial charge on any atom is -0.377 e. The fraction of sp³-hybridized carbons (Fsp3) is 0.533. The van der Waals surface area contributed by atoms with Crippen LogP contribution in [0.25, 0.3) is 0 Å². The Morgan fingerprint density at radius 3 is 2.67 bits per heavy atom. The molecule has 114 valence electrons. The Hall–Kier alpha value is -2.11. The second-order valence-corrected chi connectivity index (χ2v) is 5.73. The molecule has 21 heavy (non-hydrogen) atoms. The summed E-state index contributed by atoms with van der Waals surface area (Å²) in [5.74, 6) is 0.288. The molecule has 1 atom stereocenters. The second kappa shape index (κ2) is 6.11. The molecule has 1 heterocycles. The minimum atomic E-state index is -0.406. The van der Waals surface area contributed by atoms with Gasteiger partial charge in [0.15, 0.2) is 0 Å². The van der Waals surface area contributed by atoms with Gasteiger partial charge in [-0.2, -0.15) is 0 Å².